The van der Waals surface area contributed by atoms with Gasteiger partial charge in [0.15, 0.2) is 0 Å². The first kappa shape index (κ1) is 12.4. The molecule has 0 fully saturated rings. The van der Waals surface area contributed by atoms with Gasteiger partial charge in [0.25, 0.3) is 0 Å². The summed E-state index contributed by atoms with van der Waals surface area (Å²) in [5, 5.41) is 3.33. The van der Waals surface area contributed by atoms with Crippen molar-refractivity contribution in [3.63, 3.8) is 0 Å². The molecule has 90 valence electrons. The van der Waals surface area contributed by atoms with Gasteiger partial charge in [-0.2, -0.15) is 0 Å². The van der Waals surface area contributed by atoms with E-state index in [1.54, 1.807) is 0 Å². The number of aromatic nitrogens is 1. The zero-order valence-corrected chi connectivity index (χ0v) is 11.6. The molecule has 0 spiro atoms. The van der Waals surface area contributed by atoms with Crippen LogP contribution >= 0.6 is 15.9 Å². The van der Waals surface area contributed by atoms with Crippen LogP contribution in [-0.2, 0) is 13.1 Å². The molecular weight excluding hydrogens is 276 g/mol. The lowest BCUT2D eigenvalue weighted by Crippen LogP contribution is -2.11. The fraction of sp³-hybridized carbons (Fsp3) is 0.286. The topological polar surface area (TPSA) is 17.0 Å². The van der Waals surface area contributed by atoms with E-state index in [1.165, 1.54) is 11.1 Å². The maximum Gasteiger partial charge on any atom is 0.0470 e. The predicted molar refractivity (Wildman–Crippen MR) is 75.1 cm³/mol. The average Bonchev–Trinajstić information content (AvgIpc) is 2.77. The Bertz CT molecular complexity index is 459. The van der Waals surface area contributed by atoms with Crippen LogP contribution in [0.1, 0.15) is 18.1 Å². The lowest BCUT2D eigenvalue weighted by atomic mass is 10.2. The van der Waals surface area contributed by atoms with Gasteiger partial charge in [-0.1, -0.05) is 35.0 Å². The fourth-order valence-corrected chi connectivity index (χ4v) is 2.03. The Kier molecular flexibility index (Phi) is 4.40. The van der Waals surface area contributed by atoms with Crippen LogP contribution in [0, 0.1) is 0 Å². The molecular formula is C14H17BrN2. The molecule has 0 atom stereocenters. The lowest BCUT2D eigenvalue weighted by molar-refractivity contribution is 0.721. The van der Waals surface area contributed by atoms with Crippen molar-refractivity contribution in [1.29, 1.82) is 0 Å². The third kappa shape index (κ3) is 3.72. The molecule has 0 radical (unpaired) electrons. The molecule has 1 heterocycles. The average molecular weight is 293 g/mol. The summed E-state index contributed by atoms with van der Waals surface area (Å²) < 4.78 is 3.34. The number of rotatable bonds is 5. The Hall–Kier alpha value is -1.06. The minimum absolute atomic E-state index is 0.930. The second-order valence-corrected chi connectivity index (χ2v) is 5.01. The van der Waals surface area contributed by atoms with Gasteiger partial charge in [-0.3, -0.25) is 0 Å². The van der Waals surface area contributed by atoms with Crippen molar-refractivity contribution in [2.45, 2.75) is 20.0 Å². The van der Waals surface area contributed by atoms with Crippen LogP contribution in [0.5, 0.6) is 0 Å². The number of nitrogens with one attached hydrogen (secondary N) is 1. The van der Waals surface area contributed by atoms with Gasteiger partial charge >= 0.3 is 0 Å². The van der Waals surface area contributed by atoms with E-state index in [9.17, 15) is 0 Å². The number of hydrogen-bond donors (Lipinski definition) is 1. The smallest absolute Gasteiger partial charge is 0.0470 e. The van der Waals surface area contributed by atoms with Crippen molar-refractivity contribution in [1.82, 2.24) is 9.88 Å². The van der Waals surface area contributed by atoms with Crippen molar-refractivity contribution < 1.29 is 0 Å². The molecule has 0 aliphatic heterocycles. The van der Waals surface area contributed by atoms with E-state index in [0.717, 1.165) is 24.1 Å². The van der Waals surface area contributed by atoms with Gasteiger partial charge in [0, 0.05) is 30.0 Å². The standard InChI is InChI=1S/C14H17BrN2/c1-2-16-9-13-7-8-17(11-13)10-12-3-5-14(15)6-4-12/h3-8,11,16H,2,9-10H2,1H3. The highest BCUT2D eigenvalue weighted by Crippen LogP contribution is 2.12. The molecule has 1 aromatic heterocycles. The molecule has 0 saturated heterocycles. The van der Waals surface area contributed by atoms with E-state index >= 15 is 0 Å². The summed E-state index contributed by atoms with van der Waals surface area (Å²) >= 11 is 3.45. The molecule has 2 rings (SSSR count). The first-order valence-corrected chi connectivity index (χ1v) is 6.67. The van der Waals surface area contributed by atoms with Gasteiger partial charge < -0.3 is 9.88 Å². The van der Waals surface area contributed by atoms with E-state index in [0.29, 0.717) is 0 Å². The summed E-state index contributed by atoms with van der Waals surface area (Å²) in [6.07, 6.45) is 4.33. The van der Waals surface area contributed by atoms with Crippen LogP contribution in [0.4, 0.5) is 0 Å². The Labute approximate surface area is 111 Å². The van der Waals surface area contributed by atoms with Gasteiger partial charge in [-0.25, -0.2) is 0 Å². The molecule has 0 unspecified atom stereocenters. The molecule has 0 saturated carbocycles. The Balaban J connectivity index is 1.98. The minimum Gasteiger partial charge on any atom is -0.350 e. The zero-order valence-electron chi connectivity index (χ0n) is 9.99. The third-order valence-electron chi connectivity index (χ3n) is 2.67. The number of benzene rings is 1. The highest BCUT2D eigenvalue weighted by atomic mass is 79.9. The summed E-state index contributed by atoms with van der Waals surface area (Å²) in [5.74, 6) is 0. The molecule has 1 aromatic carbocycles. The monoisotopic (exact) mass is 292 g/mol. The van der Waals surface area contributed by atoms with E-state index in [1.807, 2.05) is 0 Å². The summed E-state index contributed by atoms with van der Waals surface area (Å²) in [6.45, 7) is 5.01. The summed E-state index contributed by atoms with van der Waals surface area (Å²) in [6, 6.07) is 10.6. The van der Waals surface area contributed by atoms with Gasteiger partial charge in [0.05, 0.1) is 0 Å². The van der Waals surface area contributed by atoms with Crippen molar-refractivity contribution in [2.24, 2.45) is 0 Å². The molecule has 0 amide bonds. The fourth-order valence-electron chi connectivity index (χ4n) is 1.76. The highest BCUT2D eigenvalue weighted by molar-refractivity contribution is 9.10. The Morgan fingerprint density at radius 1 is 1.12 bits per heavy atom. The van der Waals surface area contributed by atoms with E-state index < -0.39 is 0 Å². The second kappa shape index (κ2) is 6.03. The van der Waals surface area contributed by atoms with Crippen molar-refractivity contribution in [3.8, 4) is 0 Å². The quantitative estimate of drug-likeness (QED) is 0.894. The molecule has 2 nitrogen and oxygen atoms in total. The minimum atomic E-state index is 0.930. The number of halogens is 1. The van der Waals surface area contributed by atoms with Crippen LogP contribution < -0.4 is 5.32 Å². The molecule has 0 bridgehead atoms. The summed E-state index contributed by atoms with van der Waals surface area (Å²) in [5.41, 5.74) is 2.66. The largest absolute Gasteiger partial charge is 0.350 e. The van der Waals surface area contributed by atoms with Crippen LogP contribution in [-0.4, -0.2) is 11.1 Å². The summed E-state index contributed by atoms with van der Waals surface area (Å²) in [7, 11) is 0. The SMILES string of the molecule is CCNCc1ccn(Cc2ccc(Br)cc2)c1. The molecule has 0 aliphatic rings. The third-order valence-corrected chi connectivity index (χ3v) is 3.20. The molecule has 1 N–H and O–H groups in total. The lowest BCUT2D eigenvalue weighted by Gasteiger charge is -2.03. The number of nitrogens with zero attached hydrogens (tertiary/aromatic N) is 1. The van der Waals surface area contributed by atoms with Gasteiger partial charge in [-0.05, 0) is 35.9 Å². The van der Waals surface area contributed by atoms with E-state index in [-0.39, 0.29) is 0 Å². The van der Waals surface area contributed by atoms with Gasteiger partial charge in [0.2, 0.25) is 0 Å². The van der Waals surface area contributed by atoms with Gasteiger partial charge in [0.1, 0.15) is 0 Å². The summed E-state index contributed by atoms with van der Waals surface area (Å²) in [4.78, 5) is 0. The molecule has 0 aliphatic carbocycles. The van der Waals surface area contributed by atoms with Crippen molar-refractivity contribution in [3.05, 3.63) is 58.3 Å². The maximum absolute atomic E-state index is 3.45. The van der Waals surface area contributed by atoms with Crippen molar-refractivity contribution >= 4 is 15.9 Å². The van der Waals surface area contributed by atoms with Gasteiger partial charge in [-0.15, -0.1) is 0 Å². The normalized spacial score (nSPS) is 10.7. The van der Waals surface area contributed by atoms with Crippen molar-refractivity contribution in [2.75, 3.05) is 6.54 Å². The first-order chi connectivity index (χ1) is 8.28. The predicted octanol–water partition coefficient (Wildman–Crippen LogP) is 3.41. The van der Waals surface area contributed by atoms with Crippen LogP contribution in [0.3, 0.4) is 0 Å². The number of hydrogen-bond acceptors (Lipinski definition) is 1. The Morgan fingerprint density at radius 2 is 1.88 bits per heavy atom. The van der Waals surface area contributed by atoms with Crippen LogP contribution in [0.2, 0.25) is 0 Å². The van der Waals surface area contributed by atoms with Crippen LogP contribution in [0.25, 0.3) is 0 Å². The molecule has 3 heteroatoms. The zero-order chi connectivity index (χ0) is 12.1. The molecule has 2 aromatic rings. The Morgan fingerprint density at radius 3 is 2.59 bits per heavy atom. The highest BCUT2D eigenvalue weighted by Gasteiger charge is 1.98. The first-order valence-electron chi connectivity index (χ1n) is 5.87. The maximum atomic E-state index is 3.45. The second-order valence-electron chi connectivity index (χ2n) is 4.10. The van der Waals surface area contributed by atoms with E-state index in [2.05, 4.69) is 75.5 Å². The molecule has 17 heavy (non-hydrogen) atoms. The van der Waals surface area contributed by atoms with E-state index in [4.69, 9.17) is 0 Å². The van der Waals surface area contributed by atoms with Crippen LogP contribution in [0.15, 0.2) is 47.2 Å².